The molecule has 2 rings (SSSR count). The van der Waals surface area contributed by atoms with Gasteiger partial charge in [-0.2, -0.15) is 0 Å². The maximum absolute atomic E-state index is 6.19. The molecule has 0 aromatic heterocycles. The van der Waals surface area contributed by atoms with Crippen LogP contribution in [0.2, 0.25) is 0 Å². The molecule has 2 saturated carbocycles. The van der Waals surface area contributed by atoms with Gasteiger partial charge in [0.2, 0.25) is 0 Å². The number of hydrogen-bond acceptors (Lipinski definition) is 2. The van der Waals surface area contributed by atoms with Crippen molar-refractivity contribution in [2.75, 3.05) is 13.2 Å². The SMILES string of the molecule is CCCCCC1CCC(CCOC(C)C(C)OCCC2CCC(CCCCC)CC2)CC1. The summed E-state index contributed by atoms with van der Waals surface area (Å²) < 4.78 is 12.4. The van der Waals surface area contributed by atoms with E-state index in [1.165, 1.54) is 116 Å². The van der Waals surface area contributed by atoms with E-state index in [4.69, 9.17) is 9.47 Å². The van der Waals surface area contributed by atoms with E-state index in [0.717, 1.165) is 36.9 Å². The third-order valence-electron chi connectivity index (χ3n) is 8.84. The van der Waals surface area contributed by atoms with E-state index in [1.807, 2.05) is 0 Å². The predicted octanol–water partition coefficient (Wildman–Crippen LogP) is 9.35. The Labute approximate surface area is 202 Å². The van der Waals surface area contributed by atoms with Crippen molar-refractivity contribution in [3.05, 3.63) is 0 Å². The summed E-state index contributed by atoms with van der Waals surface area (Å²) >= 11 is 0. The second-order valence-electron chi connectivity index (χ2n) is 11.5. The fourth-order valence-electron chi connectivity index (χ4n) is 6.10. The van der Waals surface area contributed by atoms with Crippen LogP contribution in [0, 0.1) is 23.7 Å². The smallest absolute Gasteiger partial charge is 0.0805 e. The molecule has 2 unspecified atom stereocenters. The molecule has 190 valence electrons. The second kappa shape index (κ2) is 17.4. The molecule has 0 bridgehead atoms. The summed E-state index contributed by atoms with van der Waals surface area (Å²) in [5.74, 6) is 3.83. The van der Waals surface area contributed by atoms with Gasteiger partial charge < -0.3 is 9.47 Å². The van der Waals surface area contributed by atoms with Crippen molar-refractivity contribution < 1.29 is 9.47 Å². The van der Waals surface area contributed by atoms with Crippen LogP contribution < -0.4 is 0 Å². The number of hydrogen-bond donors (Lipinski definition) is 0. The average Bonchev–Trinajstić information content (AvgIpc) is 2.81. The number of rotatable bonds is 17. The monoisotopic (exact) mass is 450 g/mol. The highest BCUT2D eigenvalue weighted by molar-refractivity contribution is 4.74. The summed E-state index contributed by atoms with van der Waals surface area (Å²) in [6, 6.07) is 0. The van der Waals surface area contributed by atoms with E-state index >= 15 is 0 Å². The Hall–Kier alpha value is -0.0800. The van der Waals surface area contributed by atoms with Gasteiger partial charge in [0.05, 0.1) is 12.2 Å². The van der Waals surface area contributed by atoms with Gasteiger partial charge in [-0.3, -0.25) is 0 Å². The van der Waals surface area contributed by atoms with Crippen LogP contribution in [0.25, 0.3) is 0 Å². The zero-order valence-electron chi connectivity index (χ0n) is 22.4. The van der Waals surface area contributed by atoms with Crippen LogP contribution in [-0.2, 0) is 9.47 Å². The highest BCUT2D eigenvalue weighted by Crippen LogP contribution is 2.34. The lowest BCUT2D eigenvalue weighted by atomic mass is 9.78. The number of unbranched alkanes of at least 4 members (excludes halogenated alkanes) is 4. The summed E-state index contributed by atoms with van der Waals surface area (Å²) in [7, 11) is 0. The molecule has 2 heteroatoms. The van der Waals surface area contributed by atoms with Crippen molar-refractivity contribution in [3.8, 4) is 0 Å². The van der Waals surface area contributed by atoms with Gasteiger partial charge in [0.15, 0.2) is 0 Å². The molecule has 2 aliphatic rings. The van der Waals surface area contributed by atoms with Gasteiger partial charge in [0.25, 0.3) is 0 Å². The predicted molar refractivity (Wildman–Crippen MR) is 139 cm³/mol. The average molecular weight is 451 g/mol. The Morgan fingerprint density at radius 2 is 0.812 bits per heavy atom. The standard InChI is InChI=1S/C30H58O2/c1-5-7-9-11-27-13-17-29(18-14-27)21-23-31-25(3)26(4)32-24-22-30-19-15-28(16-20-30)12-10-8-6-2/h25-30H,5-24H2,1-4H3. The molecule has 0 spiro atoms. The minimum Gasteiger partial charge on any atom is -0.376 e. The van der Waals surface area contributed by atoms with Gasteiger partial charge in [-0.1, -0.05) is 117 Å². The van der Waals surface area contributed by atoms with Crippen LogP contribution in [0.5, 0.6) is 0 Å². The second-order valence-corrected chi connectivity index (χ2v) is 11.5. The van der Waals surface area contributed by atoms with Crippen molar-refractivity contribution in [1.82, 2.24) is 0 Å². The summed E-state index contributed by atoms with van der Waals surface area (Å²) in [4.78, 5) is 0. The number of ether oxygens (including phenoxy) is 2. The molecule has 2 aliphatic carbocycles. The van der Waals surface area contributed by atoms with E-state index in [9.17, 15) is 0 Å². The molecule has 2 fully saturated rings. The van der Waals surface area contributed by atoms with Crippen molar-refractivity contribution >= 4 is 0 Å². The highest BCUT2D eigenvalue weighted by atomic mass is 16.5. The molecule has 2 nitrogen and oxygen atoms in total. The molecule has 0 radical (unpaired) electrons. The quantitative estimate of drug-likeness (QED) is 0.205. The summed E-state index contributed by atoms with van der Waals surface area (Å²) in [6.45, 7) is 10.9. The molecule has 2 atom stereocenters. The fraction of sp³-hybridized carbons (Fsp3) is 1.00. The molecule has 0 heterocycles. The van der Waals surface area contributed by atoms with Crippen molar-refractivity contribution in [2.45, 2.75) is 155 Å². The Bertz CT molecular complexity index is 381. The van der Waals surface area contributed by atoms with Crippen LogP contribution in [0.1, 0.15) is 143 Å². The third-order valence-corrected chi connectivity index (χ3v) is 8.84. The molecule has 0 aromatic rings. The minimum absolute atomic E-state index is 0.217. The fourth-order valence-corrected chi connectivity index (χ4v) is 6.10. The Kier molecular flexibility index (Phi) is 15.3. The van der Waals surface area contributed by atoms with Crippen molar-refractivity contribution in [1.29, 1.82) is 0 Å². The molecule has 0 aromatic carbocycles. The molecule has 32 heavy (non-hydrogen) atoms. The first kappa shape index (κ1) is 28.2. The molecular formula is C30H58O2. The normalized spacial score (nSPS) is 28.5. The van der Waals surface area contributed by atoms with E-state index in [-0.39, 0.29) is 12.2 Å². The lowest BCUT2D eigenvalue weighted by Gasteiger charge is -2.30. The lowest BCUT2D eigenvalue weighted by molar-refractivity contribution is -0.0631. The van der Waals surface area contributed by atoms with Gasteiger partial charge in [-0.25, -0.2) is 0 Å². The highest BCUT2D eigenvalue weighted by Gasteiger charge is 2.23. The van der Waals surface area contributed by atoms with E-state index in [0.29, 0.717) is 0 Å². The van der Waals surface area contributed by atoms with E-state index in [2.05, 4.69) is 27.7 Å². The van der Waals surface area contributed by atoms with E-state index in [1.54, 1.807) is 0 Å². The van der Waals surface area contributed by atoms with Gasteiger partial charge in [-0.15, -0.1) is 0 Å². The van der Waals surface area contributed by atoms with Crippen LogP contribution in [-0.4, -0.2) is 25.4 Å². The third kappa shape index (κ3) is 11.9. The van der Waals surface area contributed by atoms with Crippen LogP contribution in [0.3, 0.4) is 0 Å². The summed E-state index contributed by atoms with van der Waals surface area (Å²) in [6.07, 6.45) is 25.9. The molecular weight excluding hydrogens is 392 g/mol. The van der Waals surface area contributed by atoms with Crippen molar-refractivity contribution in [3.63, 3.8) is 0 Å². The first-order valence-electron chi connectivity index (χ1n) is 14.8. The minimum atomic E-state index is 0.217. The Morgan fingerprint density at radius 3 is 1.12 bits per heavy atom. The zero-order valence-corrected chi connectivity index (χ0v) is 22.4. The first-order chi connectivity index (χ1) is 15.6. The summed E-state index contributed by atoms with van der Waals surface area (Å²) in [5.41, 5.74) is 0. The van der Waals surface area contributed by atoms with Crippen LogP contribution in [0.4, 0.5) is 0 Å². The maximum Gasteiger partial charge on any atom is 0.0805 e. The zero-order chi connectivity index (χ0) is 23.0. The van der Waals surface area contributed by atoms with Gasteiger partial charge in [0, 0.05) is 13.2 Å². The topological polar surface area (TPSA) is 18.5 Å². The molecule has 0 saturated heterocycles. The van der Waals surface area contributed by atoms with Gasteiger partial charge in [-0.05, 0) is 50.4 Å². The van der Waals surface area contributed by atoms with Crippen LogP contribution >= 0.6 is 0 Å². The Balaban J connectivity index is 1.45. The lowest BCUT2D eigenvalue weighted by Crippen LogP contribution is -2.28. The first-order valence-corrected chi connectivity index (χ1v) is 14.8. The van der Waals surface area contributed by atoms with Crippen molar-refractivity contribution in [2.24, 2.45) is 23.7 Å². The van der Waals surface area contributed by atoms with Gasteiger partial charge in [0.1, 0.15) is 0 Å². The summed E-state index contributed by atoms with van der Waals surface area (Å²) in [5, 5.41) is 0. The van der Waals surface area contributed by atoms with E-state index < -0.39 is 0 Å². The molecule has 0 aliphatic heterocycles. The van der Waals surface area contributed by atoms with Crippen LogP contribution in [0.15, 0.2) is 0 Å². The largest absolute Gasteiger partial charge is 0.376 e. The molecule has 0 amide bonds. The maximum atomic E-state index is 6.19. The molecule has 0 N–H and O–H groups in total. The van der Waals surface area contributed by atoms with Gasteiger partial charge >= 0.3 is 0 Å². The Morgan fingerprint density at radius 1 is 0.500 bits per heavy atom.